The van der Waals surface area contributed by atoms with Crippen molar-refractivity contribution in [1.82, 2.24) is 9.78 Å². The number of anilines is 1. The van der Waals surface area contributed by atoms with Gasteiger partial charge in [0.05, 0.1) is 11.8 Å². The van der Waals surface area contributed by atoms with Crippen LogP contribution in [0.2, 0.25) is 0 Å². The molecule has 0 aliphatic heterocycles. The zero-order valence-corrected chi connectivity index (χ0v) is 11.0. The van der Waals surface area contributed by atoms with E-state index in [0.717, 1.165) is 6.20 Å². The molecule has 108 valence electrons. The minimum atomic E-state index is -4.87. The molecule has 0 aliphatic carbocycles. The number of halogens is 3. The van der Waals surface area contributed by atoms with Crippen LogP contribution in [0.3, 0.4) is 0 Å². The number of aromatic nitrogens is 2. The van der Waals surface area contributed by atoms with Gasteiger partial charge in [-0.2, -0.15) is 18.3 Å². The van der Waals surface area contributed by atoms with Gasteiger partial charge in [-0.05, 0) is 20.8 Å². The van der Waals surface area contributed by atoms with E-state index in [-0.39, 0.29) is 11.9 Å². The summed E-state index contributed by atoms with van der Waals surface area (Å²) in [7, 11) is 0. The van der Waals surface area contributed by atoms with Gasteiger partial charge in [0, 0.05) is 13.0 Å². The first kappa shape index (κ1) is 15.5. The van der Waals surface area contributed by atoms with Crippen molar-refractivity contribution in [2.75, 3.05) is 5.32 Å². The first-order chi connectivity index (χ1) is 8.48. The van der Waals surface area contributed by atoms with Crippen LogP contribution in [-0.2, 0) is 10.4 Å². The number of hydrogen-bond donors (Lipinski definition) is 2. The highest BCUT2D eigenvalue weighted by molar-refractivity contribution is 5.88. The third-order valence-corrected chi connectivity index (χ3v) is 2.66. The summed E-state index contributed by atoms with van der Waals surface area (Å²) in [4.78, 5) is 11.1. The number of alkyl halides is 3. The Bertz CT molecular complexity index is 478. The van der Waals surface area contributed by atoms with Crippen LogP contribution >= 0.6 is 0 Å². The molecule has 0 fully saturated rings. The van der Waals surface area contributed by atoms with Crippen molar-refractivity contribution < 1.29 is 23.1 Å². The molecule has 2 N–H and O–H groups in total. The summed E-state index contributed by atoms with van der Waals surface area (Å²) in [5.41, 5.74) is -3.57. The van der Waals surface area contributed by atoms with Gasteiger partial charge in [0.15, 0.2) is 5.60 Å². The Hall–Kier alpha value is -1.57. The van der Waals surface area contributed by atoms with Crippen LogP contribution in [0.15, 0.2) is 6.20 Å². The Balaban J connectivity index is 3.40. The molecule has 0 saturated carbocycles. The van der Waals surface area contributed by atoms with Gasteiger partial charge in [0.25, 0.3) is 0 Å². The molecule has 0 spiro atoms. The number of aliphatic hydroxyl groups is 1. The van der Waals surface area contributed by atoms with Crippen LogP contribution in [-0.4, -0.2) is 27.0 Å². The molecule has 8 heteroatoms. The molecule has 0 aliphatic rings. The number of nitrogens with one attached hydrogen (secondary N) is 1. The summed E-state index contributed by atoms with van der Waals surface area (Å²) in [5.74, 6) is -0.688. The summed E-state index contributed by atoms with van der Waals surface area (Å²) >= 11 is 0. The number of carbonyl (C=O) groups excluding carboxylic acids is 1. The fourth-order valence-electron chi connectivity index (χ4n) is 1.55. The fourth-order valence-corrected chi connectivity index (χ4v) is 1.55. The smallest absolute Gasteiger partial charge is 0.376 e. The van der Waals surface area contributed by atoms with Gasteiger partial charge in [-0.1, -0.05) is 0 Å². The highest BCUT2D eigenvalue weighted by atomic mass is 19.4. The minimum Gasteiger partial charge on any atom is -0.376 e. The van der Waals surface area contributed by atoms with Crippen molar-refractivity contribution >= 4 is 11.7 Å². The van der Waals surface area contributed by atoms with Gasteiger partial charge < -0.3 is 10.4 Å². The number of carbonyl (C=O) groups is 1. The molecule has 1 amide bonds. The first-order valence-electron chi connectivity index (χ1n) is 5.63. The molecule has 1 unspecified atom stereocenters. The van der Waals surface area contributed by atoms with Gasteiger partial charge in [-0.25, -0.2) is 4.68 Å². The maximum absolute atomic E-state index is 12.8. The lowest BCUT2D eigenvalue weighted by Gasteiger charge is -2.26. The van der Waals surface area contributed by atoms with Gasteiger partial charge in [0.2, 0.25) is 5.91 Å². The molecule has 1 atom stereocenters. The molecule has 1 aromatic heterocycles. The van der Waals surface area contributed by atoms with Crippen molar-refractivity contribution in [3.05, 3.63) is 11.8 Å². The van der Waals surface area contributed by atoms with Crippen molar-refractivity contribution in [3.63, 3.8) is 0 Å². The average Bonchev–Trinajstić information content (AvgIpc) is 2.58. The molecular formula is C11H16F3N3O2. The summed E-state index contributed by atoms with van der Waals surface area (Å²) in [6.45, 7) is 5.19. The van der Waals surface area contributed by atoms with E-state index in [2.05, 4.69) is 10.4 Å². The summed E-state index contributed by atoms with van der Waals surface area (Å²) in [5, 5.41) is 15.8. The van der Waals surface area contributed by atoms with Crippen LogP contribution in [0.1, 0.15) is 39.3 Å². The van der Waals surface area contributed by atoms with Crippen LogP contribution < -0.4 is 5.32 Å². The summed E-state index contributed by atoms with van der Waals surface area (Å²) in [6, 6.07) is -0.264. The zero-order valence-electron chi connectivity index (χ0n) is 11.0. The second-order valence-corrected chi connectivity index (χ2v) is 4.70. The predicted octanol–water partition coefficient (Wildman–Crippen LogP) is 2.19. The average molecular weight is 279 g/mol. The minimum absolute atomic E-state index is 0.148. The molecule has 0 saturated heterocycles. The van der Waals surface area contributed by atoms with E-state index in [1.165, 1.54) is 11.6 Å². The van der Waals surface area contributed by atoms with Crippen molar-refractivity contribution in [3.8, 4) is 0 Å². The highest BCUT2D eigenvalue weighted by Crippen LogP contribution is 2.41. The lowest BCUT2D eigenvalue weighted by atomic mass is 9.97. The summed E-state index contributed by atoms with van der Waals surface area (Å²) < 4.78 is 39.8. The number of nitrogens with zero attached hydrogens (tertiary/aromatic N) is 2. The maximum atomic E-state index is 12.8. The normalized spacial score (nSPS) is 15.4. The summed E-state index contributed by atoms with van der Waals surface area (Å²) in [6.07, 6.45) is -3.95. The van der Waals surface area contributed by atoms with Crippen molar-refractivity contribution in [2.24, 2.45) is 0 Å². The standard InChI is InChI=1S/C11H16F3N3O2/c1-6(2)17-9(16-7(3)18)8(5-15-17)10(4,19)11(12,13)14/h5-6,19H,1-4H3,(H,16,18). The molecule has 0 aromatic carbocycles. The van der Waals surface area contributed by atoms with Crippen LogP contribution in [0, 0.1) is 0 Å². The third kappa shape index (κ3) is 2.89. The van der Waals surface area contributed by atoms with Crippen LogP contribution in [0.5, 0.6) is 0 Å². The Morgan fingerprint density at radius 1 is 1.47 bits per heavy atom. The van der Waals surface area contributed by atoms with Gasteiger partial charge in [0.1, 0.15) is 5.82 Å². The van der Waals surface area contributed by atoms with E-state index in [4.69, 9.17) is 0 Å². The molecule has 1 heterocycles. The van der Waals surface area contributed by atoms with E-state index < -0.39 is 23.2 Å². The Morgan fingerprint density at radius 2 is 2.00 bits per heavy atom. The third-order valence-electron chi connectivity index (χ3n) is 2.66. The van der Waals surface area contributed by atoms with E-state index in [0.29, 0.717) is 6.92 Å². The molecule has 0 radical (unpaired) electrons. The quantitative estimate of drug-likeness (QED) is 0.891. The second kappa shape index (κ2) is 4.84. The molecular weight excluding hydrogens is 263 g/mol. The SMILES string of the molecule is CC(=O)Nc1c(C(C)(O)C(F)(F)F)cnn1C(C)C. The van der Waals surface area contributed by atoms with Gasteiger partial charge in [-0.15, -0.1) is 0 Å². The number of rotatable bonds is 3. The van der Waals surface area contributed by atoms with Crippen molar-refractivity contribution in [1.29, 1.82) is 0 Å². The predicted molar refractivity (Wildman–Crippen MR) is 62.5 cm³/mol. The first-order valence-corrected chi connectivity index (χ1v) is 5.63. The maximum Gasteiger partial charge on any atom is 0.421 e. The number of hydrogen-bond acceptors (Lipinski definition) is 3. The molecule has 1 rings (SSSR count). The molecule has 19 heavy (non-hydrogen) atoms. The van der Waals surface area contributed by atoms with E-state index in [1.54, 1.807) is 13.8 Å². The topological polar surface area (TPSA) is 67.2 Å². The van der Waals surface area contributed by atoms with E-state index >= 15 is 0 Å². The van der Waals surface area contributed by atoms with Crippen LogP contribution in [0.25, 0.3) is 0 Å². The molecule has 5 nitrogen and oxygen atoms in total. The second-order valence-electron chi connectivity index (χ2n) is 4.70. The zero-order chi connectivity index (χ0) is 15.0. The lowest BCUT2D eigenvalue weighted by Crippen LogP contribution is -2.39. The van der Waals surface area contributed by atoms with E-state index in [9.17, 15) is 23.1 Å². The largest absolute Gasteiger partial charge is 0.421 e. The van der Waals surface area contributed by atoms with Gasteiger partial charge >= 0.3 is 6.18 Å². The monoisotopic (exact) mass is 279 g/mol. The van der Waals surface area contributed by atoms with Crippen molar-refractivity contribution in [2.45, 2.75) is 45.5 Å². The number of amides is 1. The lowest BCUT2D eigenvalue weighted by molar-refractivity contribution is -0.258. The molecule has 0 bridgehead atoms. The Morgan fingerprint density at radius 3 is 2.37 bits per heavy atom. The Labute approximate surface area is 108 Å². The fraction of sp³-hybridized carbons (Fsp3) is 0.636. The van der Waals surface area contributed by atoms with E-state index in [1.807, 2.05) is 0 Å². The van der Waals surface area contributed by atoms with Gasteiger partial charge in [-0.3, -0.25) is 4.79 Å². The Kier molecular flexibility index (Phi) is 3.94. The molecule has 1 aromatic rings. The highest BCUT2D eigenvalue weighted by Gasteiger charge is 2.53. The van der Waals surface area contributed by atoms with Crippen LogP contribution in [0.4, 0.5) is 19.0 Å².